The van der Waals surface area contributed by atoms with Gasteiger partial charge in [0.15, 0.2) is 0 Å². The van der Waals surface area contributed by atoms with Crippen LogP contribution in [0.4, 0.5) is 10.6 Å². The molecule has 0 atom stereocenters. The van der Waals surface area contributed by atoms with E-state index in [1.165, 1.54) is 0 Å². The molecule has 0 aliphatic carbocycles. The number of pyridine rings is 1. The van der Waals surface area contributed by atoms with Crippen LogP contribution in [0.1, 0.15) is 37.0 Å². The predicted octanol–water partition coefficient (Wildman–Crippen LogP) is 1.57. The highest BCUT2D eigenvalue weighted by Gasteiger charge is 2.28. The number of nitrogens with zero attached hydrogens (tertiary/aromatic N) is 4. The summed E-state index contributed by atoms with van der Waals surface area (Å²) in [5.74, 6) is 0.709. The first-order valence-electron chi connectivity index (χ1n) is 10.1. The van der Waals surface area contributed by atoms with E-state index in [-0.39, 0.29) is 18.1 Å². The molecule has 1 aromatic heterocycles. The molecule has 0 bridgehead atoms. The number of piperidine rings is 1. The number of anilines is 1. The number of rotatable bonds is 4. The van der Waals surface area contributed by atoms with E-state index < -0.39 is 0 Å². The number of carbonyl (C=O) groups is 2. The van der Waals surface area contributed by atoms with Crippen molar-refractivity contribution in [3.05, 3.63) is 23.9 Å². The lowest BCUT2D eigenvalue weighted by molar-refractivity contribution is 0.0337. The molecule has 2 aliphatic rings. The van der Waals surface area contributed by atoms with E-state index in [1.54, 1.807) is 19.3 Å². The third-order valence-electron chi connectivity index (χ3n) is 5.57. The molecule has 28 heavy (non-hydrogen) atoms. The van der Waals surface area contributed by atoms with Gasteiger partial charge in [-0.2, -0.15) is 0 Å². The SMILES string of the molecule is CNC(=O)c1ccc(N2CCC(OC(=O)N3CCN(C(C)C)CC3)CC2)nc1. The van der Waals surface area contributed by atoms with Gasteiger partial charge in [-0.05, 0) is 26.0 Å². The van der Waals surface area contributed by atoms with Crippen LogP contribution in [-0.4, -0.2) is 85.2 Å². The Labute approximate surface area is 166 Å². The molecular formula is C20H31N5O3. The summed E-state index contributed by atoms with van der Waals surface area (Å²) < 4.78 is 5.74. The Bertz CT molecular complexity index is 663. The van der Waals surface area contributed by atoms with Gasteiger partial charge in [0.05, 0.1) is 5.56 Å². The van der Waals surface area contributed by atoms with Crippen molar-refractivity contribution in [1.82, 2.24) is 20.1 Å². The van der Waals surface area contributed by atoms with Crippen LogP contribution >= 0.6 is 0 Å². The lowest BCUT2D eigenvalue weighted by Gasteiger charge is -2.38. The molecule has 3 rings (SSSR count). The van der Waals surface area contributed by atoms with Crippen molar-refractivity contribution in [2.75, 3.05) is 51.2 Å². The zero-order valence-corrected chi connectivity index (χ0v) is 17.1. The van der Waals surface area contributed by atoms with E-state index >= 15 is 0 Å². The van der Waals surface area contributed by atoms with Crippen LogP contribution in [0.3, 0.4) is 0 Å². The third-order valence-corrected chi connectivity index (χ3v) is 5.57. The first-order valence-corrected chi connectivity index (χ1v) is 10.1. The Balaban J connectivity index is 1.44. The van der Waals surface area contributed by atoms with Gasteiger partial charge in [-0.15, -0.1) is 0 Å². The number of ether oxygens (including phenoxy) is 1. The summed E-state index contributed by atoms with van der Waals surface area (Å²) in [6, 6.07) is 4.16. The molecule has 2 saturated heterocycles. The van der Waals surface area contributed by atoms with E-state index in [0.29, 0.717) is 11.6 Å². The largest absolute Gasteiger partial charge is 0.446 e. The summed E-state index contributed by atoms with van der Waals surface area (Å²) in [5.41, 5.74) is 0.549. The minimum absolute atomic E-state index is 0.0444. The zero-order chi connectivity index (χ0) is 20.1. The van der Waals surface area contributed by atoms with Crippen LogP contribution < -0.4 is 10.2 Å². The Hall–Kier alpha value is -2.35. The fourth-order valence-electron chi connectivity index (χ4n) is 3.69. The van der Waals surface area contributed by atoms with Crippen molar-refractivity contribution in [3.63, 3.8) is 0 Å². The maximum absolute atomic E-state index is 12.4. The van der Waals surface area contributed by atoms with Gasteiger partial charge in [0.1, 0.15) is 11.9 Å². The smallest absolute Gasteiger partial charge is 0.410 e. The van der Waals surface area contributed by atoms with Crippen LogP contribution in [-0.2, 0) is 4.74 Å². The van der Waals surface area contributed by atoms with E-state index in [0.717, 1.165) is 57.9 Å². The lowest BCUT2D eigenvalue weighted by atomic mass is 10.1. The minimum Gasteiger partial charge on any atom is -0.446 e. The van der Waals surface area contributed by atoms with E-state index in [2.05, 4.69) is 33.9 Å². The first kappa shape index (κ1) is 20.4. The van der Waals surface area contributed by atoms with Gasteiger partial charge >= 0.3 is 6.09 Å². The van der Waals surface area contributed by atoms with Gasteiger partial charge < -0.3 is 19.9 Å². The normalized spacial score (nSPS) is 19.0. The second kappa shape index (κ2) is 9.23. The monoisotopic (exact) mass is 389 g/mol. The van der Waals surface area contributed by atoms with Crippen LogP contribution in [0.2, 0.25) is 0 Å². The van der Waals surface area contributed by atoms with Crippen LogP contribution in [0.25, 0.3) is 0 Å². The fourth-order valence-corrected chi connectivity index (χ4v) is 3.69. The van der Waals surface area contributed by atoms with E-state index in [4.69, 9.17) is 4.74 Å². The van der Waals surface area contributed by atoms with Gasteiger partial charge in [0.2, 0.25) is 0 Å². The molecule has 0 spiro atoms. The number of carbonyl (C=O) groups excluding carboxylic acids is 2. The molecule has 0 radical (unpaired) electrons. The maximum Gasteiger partial charge on any atom is 0.410 e. The second-order valence-corrected chi connectivity index (χ2v) is 7.67. The molecule has 0 aromatic carbocycles. The molecule has 0 saturated carbocycles. The van der Waals surface area contributed by atoms with E-state index in [9.17, 15) is 9.59 Å². The van der Waals surface area contributed by atoms with Gasteiger partial charge in [0, 0.05) is 71.4 Å². The summed E-state index contributed by atoms with van der Waals surface area (Å²) in [6.07, 6.45) is 2.94. The molecule has 8 nitrogen and oxygen atoms in total. The van der Waals surface area contributed by atoms with Crippen molar-refractivity contribution < 1.29 is 14.3 Å². The number of hydrogen-bond acceptors (Lipinski definition) is 6. The molecule has 3 heterocycles. The molecule has 8 heteroatoms. The predicted molar refractivity (Wildman–Crippen MR) is 108 cm³/mol. The number of amides is 2. The van der Waals surface area contributed by atoms with Gasteiger partial charge in [-0.25, -0.2) is 9.78 Å². The zero-order valence-electron chi connectivity index (χ0n) is 17.1. The molecule has 0 unspecified atom stereocenters. The maximum atomic E-state index is 12.4. The van der Waals surface area contributed by atoms with Crippen molar-refractivity contribution in [2.45, 2.75) is 38.8 Å². The topological polar surface area (TPSA) is 78.0 Å². The van der Waals surface area contributed by atoms with Gasteiger partial charge in [-0.1, -0.05) is 0 Å². The van der Waals surface area contributed by atoms with Crippen molar-refractivity contribution in [2.24, 2.45) is 0 Å². The average molecular weight is 390 g/mol. The number of nitrogens with one attached hydrogen (secondary N) is 1. The summed E-state index contributed by atoms with van der Waals surface area (Å²) in [5, 5.41) is 2.59. The molecule has 2 aliphatic heterocycles. The van der Waals surface area contributed by atoms with Crippen molar-refractivity contribution in [3.8, 4) is 0 Å². The molecule has 2 amide bonds. The molecule has 154 valence electrons. The number of piperazine rings is 1. The fraction of sp³-hybridized carbons (Fsp3) is 0.650. The van der Waals surface area contributed by atoms with Crippen molar-refractivity contribution >= 4 is 17.8 Å². The summed E-state index contributed by atoms with van der Waals surface area (Å²) >= 11 is 0. The Morgan fingerprint density at radius 3 is 2.32 bits per heavy atom. The minimum atomic E-state index is -0.185. The Morgan fingerprint density at radius 2 is 1.79 bits per heavy atom. The average Bonchev–Trinajstić information content (AvgIpc) is 2.74. The van der Waals surface area contributed by atoms with Crippen LogP contribution in [0.5, 0.6) is 0 Å². The summed E-state index contributed by atoms with van der Waals surface area (Å²) in [6.45, 7) is 9.21. The van der Waals surface area contributed by atoms with Crippen LogP contribution in [0.15, 0.2) is 18.3 Å². The van der Waals surface area contributed by atoms with Gasteiger partial charge in [-0.3, -0.25) is 9.69 Å². The Kier molecular flexibility index (Phi) is 6.72. The third kappa shape index (κ3) is 4.92. The second-order valence-electron chi connectivity index (χ2n) is 7.67. The van der Waals surface area contributed by atoms with Gasteiger partial charge in [0.25, 0.3) is 5.91 Å². The highest BCUT2D eigenvalue weighted by Crippen LogP contribution is 2.21. The molecule has 1 N–H and O–H groups in total. The molecular weight excluding hydrogens is 358 g/mol. The van der Waals surface area contributed by atoms with Crippen molar-refractivity contribution in [1.29, 1.82) is 0 Å². The molecule has 2 fully saturated rings. The molecule has 1 aromatic rings. The Morgan fingerprint density at radius 1 is 1.11 bits per heavy atom. The quantitative estimate of drug-likeness (QED) is 0.842. The highest BCUT2D eigenvalue weighted by molar-refractivity contribution is 5.93. The first-order chi connectivity index (χ1) is 13.5. The van der Waals surface area contributed by atoms with Crippen LogP contribution in [0, 0.1) is 0 Å². The summed E-state index contributed by atoms with van der Waals surface area (Å²) in [7, 11) is 1.60. The summed E-state index contributed by atoms with van der Waals surface area (Å²) in [4.78, 5) is 34.8. The lowest BCUT2D eigenvalue weighted by Crippen LogP contribution is -2.51. The standard InChI is InChI=1S/C20H31N5O3/c1-15(2)23-10-12-25(13-11-23)20(27)28-17-6-8-24(9-7-17)18-5-4-16(14-22-18)19(26)21-3/h4-5,14-15,17H,6-13H2,1-3H3,(H,21,26). The number of aromatic nitrogens is 1. The van der Waals surface area contributed by atoms with E-state index in [1.807, 2.05) is 11.0 Å². The number of hydrogen-bond donors (Lipinski definition) is 1. The highest BCUT2D eigenvalue weighted by atomic mass is 16.6.